The highest BCUT2D eigenvalue weighted by Gasteiger charge is 2.34. The van der Waals surface area contributed by atoms with E-state index >= 15 is 0 Å². The number of carbonyl (C=O) groups excluding carboxylic acids is 1. The molecule has 0 fully saturated rings. The number of amides is 1. The Kier molecular flexibility index (Phi) is 6.67. The fourth-order valence-corrected chi connectivity index (χ4v) is 1.44. The summed E-state index contributed by atoms with van der Waals surface area (Å²) in [5, 5.41) is 8.47. The van der Waals surface area contributed by atoms with Crippen LogP contribution in [-0.2, 0) is 9.59 Å². The van der Waals surface area contributed by atoms with Crippen molar-refractivity contribution < 1.29 is 27.9 Å². The van der Waals surface area contributed by atoms with Crippen LogP contribution < -0.4 is 5.73 Å². The van der Waals surface area contributed by atoms with E-state index in [9.17, 15) is 22.8 Å². The highest BCUT2D eigenvalue weighted by Crippen LogP contribution is 2.17. The van der Waals surface area contributed by atoms with Crippen molar-refractivity contribution >= 4 is 11.9 Å². The molecule has 0 aliphatic heterocycles. The molecule has 0 aromatic heterocycles. The number of hydrogen-bond acceptors (Lipinski definition) is 3. The summed E-state index contributed by atoms with van der Waals surface area (Å²) in [7, 11) is 0. The third-order valence-electron chi connectivity index (χ3n) is 2.15. The Morgan fingerprint density at radius 2 is 1.94 bits per heavy atom. The van der Waals surface area contributed by atoms with Gasteiger partial charge in [0.1, 0.15) is 13.1 Å². The zero-order valence-corrected chi connectivity index (χ0v) is 10.0. The second-order valence-electron chi connectivity index (χ2n) is 4.01. The van der Waals surface area contributed by atoms with Gasteiger partial charge in [-0.2, -0.15) is 13.2 Å². The molecule has 18 heavy (non-hydrogen) atoms. The standard InChI is InChI=1S/C10H17F3N2O3/c1-2-3-7(14)4-8(16)15(5-9(17)18)6-10(11,12)13/h7H,2-6,14H2,1H3,(H,17,18). The second-order valence-corrected chi connectivity index (χ2v) is 4.01. The molecule has 0 aliphatic carbocycles. The predicted molar refractivity (Wildman–Crippen MR) is 57.8 cm³/mol. The average molecular weight is 270 g/mol. The zero-order chi connectivity index (χ0) is 14.3. The van der Waals surface area contributed by atoms with E-state index in [1.165, 1.54) is 0 Å². The van der Waals surface area contributed by atoms with Crippen LogP contribution in [0.5, 0.6) is 0 Å². The van der Waals surface area contributed by atoms with Crippen molar-refractivity contribution in [3.63, 3.8) is 0 Å². The number of carbonyl (C=O) groups is 2. The first-order chi connectivity index (χ1) is 8.15. The molecule has 0 saturated carbocycles. The molecule has 8 heteroatoms. The van der Waals surface area contributed by atoms with E-state index in [0.717, 1.165) is 0 Å². The van der Waals surface area contributed by atoms with Gasteiger partial charge in [0.15, 0.2) is 0 Å². The molecule has 0 aliphatic rings. The van der Waals surface area contributed by atoms with Crippen LogP contribution in [0.4, 0.5) is 13.2 Å². The molecule has 0 aromatic rings. The number of carboxylic acid groups (broad SMARTS) is 1. The number of aliphatic carboxylic acids is 1. The lowest BCUT2D eigenvalue weighted by Crippen LogP contribution is -2.44. The minimum Gasteiger partial charge on any atom is -0.480 e. The van der Waals surface area contributed by atoms with Gasteiger partial charge in [-0.1, -0.05) is 13.3 Å². The van der Waals surface area contributed by atoms with Crippen LogP contribution in [-0.4, -0.2) is 47.2 Å². The number of carboxylic acids is 1. The van der Waals surface area contributed by atoms with Gasteiger partial charge >= 0.3 is 12.1 Å². The molecule has 0 spiro atoms. The molecule has 3 N–H and O–H groups in total. The SMILES string of the molecule is CCCC(N)CC(=O)N(CC(=O)O)CC(F)(F)F. The minimum absolute atomic E-state index is 0.262. The first kappa shape index (κ1) is 16.7. The summed E-state index contributed by atoms with van der Waals surface area (Å²) < 4.78 is 36.6. The van der Waals surface area contributed by atoms with Crippen LogP contribution in [0.1, 0.15) is 26.2 Å². The minimum atomic E-state index is -4.63. The van der Waals surface area contributed by atoms with Crippen LogP contribution >= 0.6 is 0 Å². The van der Waals surface area contributed by atoms with Gasteiger partial charge in [0.05, 0.1) is 0 Å². The summed E-state index contributed by atoms with van der Waals surface area (Å²) in [6, 6.07) is -0.549. The van der Waals surface area contributed by atoms with E-state index in [2.05, 4.69) is 0 Å². The first-order valence-electron chi connectivity index (χ1n) is 5.47. The third kappa shape index (κ3) is 7.88. The molecule has 0 bridgehead atoms. The van der Waals surface area contributed by atoms with E-state index in [0.29, 0.717) is 12.8 Å². The largest absolute Gasteiger partial charge is 0.480 e. The number of alkyl halides is 3. The molecule has 0 saturated heterocycles. The monoisotopic (exact) mass is 270 g/mol. The van der Waals surface area contributed by atoms with Crippen LogP contribution in [0.3, 0.4) is 0 Å². The van der Waals surface area contributed by atoms with Gasteiger partial charge in [-0.25, -0.2) is 0 Å². The zero-order valence-electron chi connectivity index (χ0n) is 10.0. The summed E-state index contributed by atoms with van der Waals surface area (Å²) in [4.78, 5) is 22.2. The molecule has 1 unspecified atom stereocenters. The summed E-state index contributed by atoms with van der Waals surface area (Å²) in [5.74, 6) is -2.38. The molecule has 1 atom stereocenters. The van der Waals surface area contributed by atoms with Crippen molar-refractivity contribution in [2.24, 2.45) is 5.73 Å². The Balaban J connectivity index is 4.54. The van der Waals surface area contributed by atoms with Crippen molar-refractivity contribution in [2.45, 2.75) is 38.4 Å². The average Bonchev–Trinajstić information content (AvgIpc) is 2.13. The maximum atomic E-state index is 12.2. The quantitative estimate of drug-likeness (QED) is 0.722. The second kappa shape index (κ2) is 7.20. The van der Waals surface area contributed by atoms with Crippen molar-refractivity contribution in [2.75, 3.05) is 13.1 Å². The van der Waals surface area contributed by atoms with Crippen LogP contribution in [0, 0.1) is 0 Å². The molecule has 0 aromatic carbocycles. The maximum Gasteiger partial charge on any atom is 0.406 e. The van der Waals surface area contributed by atoms with E-state index in [-0.39, 0.29) is 11.3 Å². The Morgan fingerprint density at radius 1 is 1.39 bits per heavy atom. The van der Waals surface area contributed by atoms with Crippen molar-refractivity contribution in [1.29, 1.82) is 0 Å². The summed E-state index contributed by atoms with van der Waals surface area (Å²) in [5.41, 5.74) is 5.54. The summed E-state index contributed by atoms with van der Waals surface area (Å²) in [6.07, 6.45) is -3.71. The fourth-order valence-electron chi connectivity index (χ4n) is 1.44. The number of nitrogens with zero attached hydrogens (tertiary/aromatic N) is 1. The number of halogens is 3. The number of nitrogens with two attached hydrogens (primary N) is 1. The van der Waals surface area contributed by atoms with E-state index in [4.69, 9.17) is 10.8 Å². The number of hydrogen-bond donors (Lipinski definition) is 2. The Morgan fingerprint density at radius 3 is 2.33 bits per heavy atom. The topological polar surface area (TPSA) is 83.6 Å². The molecule has 0 rings (SSSR count). The highest BCUT2D eigenvalue weighted by molar-refractivity contribution is 5.81. The third-order valence-corrected chi connectivity index (χ3v) is 2.15. The molecular formula is C10H17F3N2O3. The smallest absolute Gasteiger partial charge is 0.406 e. The normalized spacial score (nSPS) is 13.2. The molecule has 5 nitrogen and oxygen atoms in total. The molecule has 1 amide bonds. The lowest BCUT2D eigenvalue weighted by molar-refractivity contribution is -0.166. The molecular weight excluding hydrogens is 253 g/mol. The summed E-state index contributed by atoms with van der Waals surface area (Å²) >= 11 is 0. The van der Waals surface area contributed by atoms with Gasteiger partial charge in [-0.3, -0.25) is 9.59 Å². The van der Waals surface area contributed by atoms with Crippen molar-refractivity contribution in [3.8, 4) is 0 Å². The molecule has 106 valence electrons. The maximum absolute atomic E-state index is 12.2. The Labute approximate surface area is 103 Å². The van der Waals surface area contributed by atoms with E-state index in [1.807, 2.05) is 6.92 Å². The van der Waals surface area contributed by atoms with Crippen LogP contribution in [0.2, 0.25) is 0 Å². The Bertz CT molecular complexity index is 295. The van der Waals surface area contributed by atoms with Crippen LogP contribution in [0.25, 0.3) is 0 Å². The predicted octanol–water partition coefficient (Wildman–Crippen LogP) is 0.979. The highest BCUT2D eigenvalue weighted by atomic mass is 19.4. The van der Waals surface area contributed by atoms with Gasteiger partial charge in [0.25, 0.3) is 0 Å². The van der Waals surface area contributed by atoms with Crippen molar-refractivity contribution in [3.05, 3.63) is 0 Å². The van der Waals surface area contributed by atoms with E-state index < -0.39 is 37.2 Å². The molecule has 0 heterocycles. The van der Waals surface area contributed by atoms with Crippen LogP contribution in [0.15, 0.2) is 0 Å². The number of rotatable bonds is 7. The first-order valence-corrected chi connectivity index (χ1v) is 5.47. The van der Waals surface area contributed by atoms with Gasteiger partial charge in [0, 0.05) is 12.5 Å². The summed E-state index contributed by atoms with van der Waals surface area (Å²) in [6.45, 7) is -0.719. The Hall–Kier alpha value is -1.31. The van der Waals surface area contributed by atoms with Gasteiger partial charge < -0.3 is 15.7 Å². The van der Waals surface area contributed by atoms with Crippen molar-refractivity contribution in [1.82, 2.24) is 4.90 Å². The lowest BCUT2D eigenvalue weighted by Gasteiger charge is -2.23. The fraction of sp³-hybridized carbons (Fsp3) is 0.800. The lowest BCUT2D eigenvalue weighted by atomic mass is 10.1. The van der Waals surface area contributed by atoms with Gasteiger partial charge in [-0.05, 0) is 6.42 Å². The van der Waals surface area contributed by atoms with E-state index in [1.54, 1.807) is 0 Å². The van der Waals surface area contributed by atoms with Gasteiger partial charge in [-0.15, -0.1) is 0 Å². The van der Waals surface area contributed by atoms with Gasteiger partial charge in [0.2, 0.25) is 5.91 Å². The molecule has 0 radical (unpaired) electrons.